The predicted molar refractivity (Wildman–Crippen MR) is 207 cm³/mol. The third kappa shape index (κ3) is 4.03. The second-order valence-electron chi connectivity index (χ2n) is 13.0. The number of benzene rings is 8. The molecule has 0 bridgehead atoms. The highest BCUT2D eigenvalue weighted by Crippen LogP contribution is 2.45. The van der Waals surface area contributed by atoms with Crippen LogP contribution >= 0.6 is 0 Å². The van der Waals surface area contributed by atoms with Crippen LogP contribution < -0.4 is 0 Å². The lowest BCUT2D eigenvalue weighted by molar-refractivity contribution is 0.970. The van der Waals surface area contributed by atoms with E-state index in [-0.39, 0.29) is 0 Å². The maximum atomic E-state index is 5.49. The van der Waals surface area contributed by atoms with Crippen LogP contribution in [0.1, 0.15) is 11.3 Å². The number of nitrogens with zero attached hydrogens (tertiary/aromatic N) is 3. The third-order valence-electron chi connectivity index (χ3n) is 10.3. The topological polar surface area (TPSA) is 30.7 Å². The van der Waals surface area contributed by atoms with E-state index in [2.05, 4.69) is 170 Å². The van der Waals surface area contributed by atoms with Gasteiger partial charge < -0.3 is 0 Å². The smallest absolute Gasteiger partial charge is 0.235 e. The Morgan fingerprint density at radius 2 is 1.00 bits per heavy atom. The molecular weight excluding hydrogens is 595 g/mol. The van der Waals surface area contributed by atoms with Crippen LogP contribution in [0.15, 0.2) is 152 Å². The molecule has 0 aliphatic rings. The zero-order chi connectivity index (χ0) is 32.6. The molecule has 0 spiro atoms. The molecule has 0 aliphatic heterocycles. The highest BCUT2D eigenvalue weighted by Gasteiger charge is 2.23. The second-order valence-corrected chi connectivity index (χ2v) is 13.0. The van der Waals surface area contributed by atoms with E-state index < -0.39 is 0 Å². The lowest BCUT2D eigenvalue weighted by atomic mass is 9.91. The fraction of sp³-hybridized carbons (Fsp3) is 0.0435. The minimum Gasteiger partial charge on any atom is -0.278 e. The quantitative estimate of drug-likeness (QED) is 0.183. The van der Waals surface area contributed by atoms with E-state index in [1.807, 2.05) is 0 Å². The van der Waals surface area contributed by atoms with Crippen LogP contribution in [0.2, 0.25) is 0 Å². The molecule has 0 saturated carbocycles. The highest BCUT2D eigenvalue weighted by atomic mass is 15.2. The molecule has 0 N–H and O–H groups in total. The van der Waals surface area contributed by atoms with E-state index in [4.69, 9.17) is 9.97 Å². The standard InChI is InChI=1S/C46H31N3/c1-28-14-6-8-18-32(28)41-29(2)47-46(48-45(41)31-16-4-3-5-17-31)49-39-26-24-30-15-7-9-19-33(30)43(39)44-40(49)27-25-38-36-22-11-10-20-34(36)35-21-12-13-23-37(35)42(38)44/h3-27H,1-2H3. The summed E-state index contributed by atoms with van der Waals surface area (Å²) in [5.74, 6) is 0.674. The van der Waals surface area contributed by atoms with Gasteiger partial charge in [-0.1, -0.05) is 140 Å². The van der Waals surface area contributed by atoms with Crippen LogP contribution in [-0.2, 0) is 0 Å². The SMILES string of the molecule is Cc1ccccc1-c1c(C)nc(-n2c3ccc4ccccc4c3c3c4c5ccccc5c5ccccc5c4ccc32)nc1-c1ccccc1. The maximum Gasteiger partial charge on any atom is 0.235 e. The summed E-state index contributed by atoms with van der Waals surface area (Å²) in [6.07, 6.45) is 0. The van der Waals surface area contributed by atoms with Crippen LogP contribution in [0.4, 0.5) is 0 Å². The van der Waals surface area contributed by atoms with E-state index in [1.165, 1.54) is 59.4 Å². The Kier molecular flexibility index (Phi) is 6.00. The summed E-state index contributed by atoms with van der Waals surface area (Å²) in [7, 11) is 0. The van der Waals surface area contributed by atoms with E-state index in [0.29, 0.717) is 5.95 Å². The number of hydrogen-bond acceptors (Lipinski definition) is 2. The molecule has 0 radical (unpaired) electrons. The van der Waals surface area contributed by atoms with Gasteiger partial charge in [0.25, 0.3) is 0 Å². The monoisotopic (exact) mass is 625 g/mol. The fourth-order valence-electron chi connectivity index (χ4n) is 8.12. The molecule has 49 heavy (non-hydrogen) atoms. The maximum absolute atomic E-state index is 5.49. The van der Waals surface area contributed by atoms with Crippen molar-refractivity contribution < 1.29 is 0 Å². The molecular formula is C46H31N3. The van der Waals surface area contributed by atoms with Gasteiger partial charge in [0.1, 0.15) is 0 Å². The van der Waals surface area contributed by atoms with E-state index in [1.54, 1.807) is 0 Å². The van der Waals surface area contributed by atoms with Crippen molar-refractivity contribution in [3.63, 3.8) is 0 Å². The Bertz CT molecular complexity index is 2920. The number of fused-ring (bicyclic) bond motifs is 12. The predicted octanol–water partition coefficient (Wildman–Crippen LogP) is 12.1. The van der Waals surface area contributed by atoms with Gasteiger partial charge in [0.05, 0.1) is 22.4 Å². The molecule has 0 unspecified atom stereocenters. The van der Waals surface area contributed by atoms with E-state index in [0.717, 1.165) is 39.1 Å². The normalized spacial score (nSPS) is 11.9. The molecule has 8 aromatic carbocycles. The minimum absolute atomic E-state index is 0.674. The van der Waals surface area contributed by atoms with Gasteiger partial charge in [-0.2, -0.15) is 0 Å². The molecule has 0 amide bonds. The minimum atomic E-state index is 0.674. The number of hydrogen-bond donors (Lipinski definition) is 0. The first kappa shape index (κ1) is 27.8. The van der Waals surface area contributed by atoms with Crippen LogP contribution in [0.25, 0.3) is 93.2 Å². The molecule has 0 atom stereocenters. The molecule has 3 heteroatoms. The zero-order valence-corrected chi connectivity index (χ0v) is 27.3. The molecule has 0 aliphatic carbocycles. The summed E-state index contributed by atoms with van der Waals surface area (Å²) >= 11 is 0. The summed E-state index contributed by atoms with van der Waals surface area (Å²) in [6.45, 7) is 4.28. The van der Waals surface area contributed by atoms with Crippen molar-refractivity contribution in [2.75, 3.05) is 0 Å². The van der Waals surface area contributed by atoms with Gasteiger partial charge >= 0.3 is 0 Å². The Labute approximate surface area is 283 Å². The van der Waals surface area contributed by atoms with Crippen LogP contribution in [-0.4, -0.2) is 14.5 Å². The van der Waals surface area contributed by atoms with Crippen molar-refractivity contribution in [1.29, 1.82) is 0 Å². The average Bonchev–Trinajstić information content (AvgIpc) is 3.50. The van der Waals surface area contributed by atoms with Gasteiger partial charge in [-0.05, 0) is 74.8 Å². The Morgan fingerprint density at radius 1 is 0.429 bits per heavy atom. The van der Waals surface area contributed by atoms with Crippen molar-refractivity contribution in [3.8, 4) is 28.3 Å². The lowest BCUT2D eigenvalue weighted by Gasteiger charge is -2.17. The van der Waals surface area contributed by atoms with Crippen molar-refractivity contribution in [2.24, 2.45) is 0 Å². The Balaban J connectivity index is 1.41. The first-order valence-electron chi connectivity index (χ1n) is 16.9. The summed E-state index contributed by atoms with van der Waals surface area (Å²) in [6, 6.07) is 54.5. The summed E-state index contributed by atoms with van der Waals surface area (Å²) in [4.78, 5) is 10.8. The first-order valence-corrected chi connectivity index (χ1v) is 16.9. The van der Waals surface area contributed by atoms with Gasteiger partial charge in [0.2, 0.25) is 5.95 Å². The molecule has 0 fully saturated rings. The lowest BCUT2D eigenvalue weighted by Crippen LogP contribution is -2.06. The van der Waals surface area contributed by atoms with Crippen LogP contribution in [0.3, 0.4) is 0 Å². The third-order valence-corrected chi connectivity index (χ3v) is 10.3. The van der Waals surface area contributed by atoms with Gasteiger partial charge in [-0.25, -0.2) is 9.97 Å². The van der Waals surface area contributed by atoms with Gasteiger partial charge in [-0.3, -0.25) is 4.57 Å². The molecule has 230 valence electrons. The Hall–Kier alpha value is -6.32. The van der Waals surface area contributed by atoms with Crippen molar-refractivity contribution >= 4 is 64.9 Å². The first-order chi connectivity index (χ1) is 24.2. The molecule has 10 aromatic rings. The van der Waals surface area contributed by atoms with Crippen LogP contribution in [0.5, 0.6) is 0 Å². The largest absolute Gasteiger partial charge is 0.278 e. The van der Waals surface area contributed by atoms with Crippen molar-refractivity contribution in [1.82, 2.24) is 14.5 Å². The summed E-state index contributed by atoms with van der Waals surface area (Å²) < 4.78 is 2.29. The van der Waals surface area contributed by atoms with E-state index in [9.17, 15) is 0 Å². The summed E-state index contributed by atoms with van der Waals surface area (Å²) in [5.41, 5.74) is 8.58. The molecule has 0 saturated heterocycles. The molecule has 3 nitrogen and oxygen atoms in total. The van der Waals surface area contributed by atoms with Gasteiger partial charge in [-0.15, -0.1) is 0 Å². The molecule has 10 rings (SSSR count). The summed E-state index contributed by atoms with van der Waals surface area (Å²) in [5, 5.41) is 12.5. The number of aryl methyl sites for hydroxylation is 2. The zero-order valence-electron chi connectivity index (χ0n) is 27.3. The molecule has 2 aromatic heterocycles. The Morgan fingerprint density at radius 3 is 1.76 bits per heavy atom. The fourth-order valence-corrected chi connectivity index (χ4v) is 8.12. The number of rotatable bonds is 3. The van der Waals surface area contributed by atoms with Crippen LogP contribution in [0, 0.1) is 13.8 Å². The average molecular weight is 626 g/mol. The van der Waals surface area contributed by atoms with E-state index >= 15 is 0 Å². The second kappa shape index (κ2) is 10.6. The highest BCUT2D eigenvalue weighted by molar-refractivity contribution is 6.37. The van der Waals surface area contributed by atoms with Crippen molar-refractivity contribution in [3.05, 3.63) is 163 Å². The van der Waals surface area contributed by atoms with Gasteiger partial charge in [0.15, 0.2) is 0 Å². The van der Waals surface area contributed by atoms with Crippen molar-refractivity contribution in [2.45, 2.75) is 13.8 Å². The molecule has 2 heterocycles. The van der Waals surface area contributed by atoms with Gasteiger partial charge in [0, 0.05) is 27.3 Å². The number of aromatic nitrogens is 3.